The summed E-state index contributed by atoms with van der Waals surface area (Å²) >= 11 is 0. The lowest BCUT2D eigenvalue weighted by Crippen LogP contribution is -2.24. The van der Waals surface area contributed by atoms with Crippen LogP contribution >= 0.6 is 0 Å². The summed E-state index contributed by atoms with van der Waals surface area (Å²) in [6.45, 7) is 0. The summed E-state index contributed by atoms with van der Waals surface area (Å²) < 4.78 is 2.31. The smallest absolute Gasteiger partial charge is 0.145 e. The molecule has 0 saturated carbocycles. The Balaban J connectivity index is 1.04. The molecule has 0 saturated heterocycles. The van der Waals surface area contributed by atoms with E-state index in [0.29, 0.717) is 0 Å². The van der Waals surface area contributed by atoms with Crippen LogP contribution in [-0.4, -0.2) is 20.2 Å². The van der Waals surface area contributed by atoms with E-state index < -0.39 is 0 Å². The molecule has 53 heavy (non-hydrogen) atoms. The van der Waals surface area contributed by atoms with Crippen molar-refractivity contribution in [2.75, 3.05) is 0 Å². The Labute approximate surface area is 307 Å². The molecule has 1 unspecified atom stereocenters. The van der Waals surface area contributed by atoms with E-state index in [0.717, 1.165) is 83.5 Å². The van der Waals surface area contributed by atoms with E-state index in [4.69, 9.17) is 9.98 Å². The van der Waals surface area contributed by atoms with Gasteiger partial charge in [0.25, 0.3) is 0 Å². The number of benzene rings is 7. The molecule has 10 rings (SSSR count). The molecule has 2 aromatic heterocycles. The van der Waals surface area contributed by atoms with Crippen LogP contribution in [-0.2, 0) is 0 Å². The number of hydrogen-bond acceptors (Lipinski definition) is 4. The summed E-state index contributed by atoms with van der Waals surface area (Å²) in [5, 5.41) is 8.25. The number of allylic oxidation sites excluding steroid dienone is 1. The molecular formula is C48H33N5. The fraction of sp³-hybridized carbons (Fsp3) is 0.0208. The summed E-state index contributed by atoms with van der Waals surface area (Å²) in [5.41, 5.74) is 11.8. The number of nitrogens with zero attached hydrogens (tertiary/aromatic N) is 4. The SMILES string of the molecule is C1=C(c2ccc(-c3ccc(-n4c(-c5ccccc5)nc5c6cnccc6c6ccccc6c54)cc3)cc2)NC(c2ccccc2)N=C1c1ccccc1. The topological polar surface area (TPSA) is 55.1 Å². The van der Waals surface area contributed by atoms with Crippen LogP contribution in [0.5, 0.6) is 0 Å². The zero-order valence-electron chi connectivity index (χ0n) is 28.8. The normalized spacial score (nSPS) is 14.2. The molecule has 7 aromatic carbocycles. The van der Waals surface area contributed by atoms with Crippen molar-refractivity contribution in [3.8, 4) is 28.2 Å². The van der Waals surface area contributed by atoms with Gasteiger partial charge in [-0.1, -0.05) is 152 Å². The monoisotopic (exact) mass is 679 g/mol. The zero-order valence-corrected chi connectivity index (χ0v) is 28.8. The van der Waals surface area contributed by atoms with E-state index in [9.17, 15) is 0 Å². The van der Waals surface area contributed by atoms with E-state index in [1.54, 1.807) is 0 Å². The number of rotatable bonds is 6. The Morgan fingerprint density at radius 3 is 1.79 bits per heavy atom. The molecule has 0 amide bonds. The van der Waals surface area contributed by atoms with Crippen molar-refractivity contribution in [1.29, 1.82) is 0 Å². The molecule has 0 bridgehead atoms. The Kier molecular flexibility index (Phi) is 7.47. The maximum atomic E-state index is 5.32. The van der Waals surface area contributed by atoms with E-state index >= 15 is 0 Å². The fourth-order valence-electron chi connectivity index (χ4n) is 7.54. The summed E-state index contributed by atoms with van der Waals surface area (Å²) in [6.07, 6.45) is 5.78. The molecule has 1 atom stereocenters. The first-order valence-electron chi connectivity index (χ1n) is 17.9. The predicted octanol–water partition coefficient (Wildman–Crippen LogP) is 11.2. The van der Waals surface area contributed by atoms with Crippen LogP contribution in [0.15, 0.2) is 193 Å². The van der Waals surface area contributed by atoms with Gasteiger partial charge in [0.15, 0.2) is 0 Å². The van der Waals surface area contributed by atoms with Crippen LogP contribution in [0.2, 0.25) is 0 Å². The number of aliphatic imine (C=N–C) groups is 1. The Morgan fingerprint density at radius 2 is 1.08 bits per heavy atom. The minimum absolute atomic E-state index is 0.176. The third kappa shape index (κ3) is 5.47. The summed E-state index contributed by atoms with van der Waals surface area (Å²) in [7, 11) is 0. The average molecular weight is 680 g/mol. The van der Waals surface area contributed by atoms with Crippen LogP contribution in [0.3, 0.4) is 0 Å². The summed E-state index contributed by atoms with van der Waals surface area (Å²) in [6, 6.07) is 59.6. The summed E-state index contributed by atoms with van der Waals surface area (Å²) in [4.78, 5) is 14.9. The van der Waals surface area contributed by atoms with Gasteiger partial charge >= 0.3 is 0 Å². The molecule has 0 fully saturated rings. The predicted molar refractivity (Wildman–Crippen MR) is 218 cm³/mol. The average Bonchev–Trinajstić information content (AvgIpc) is 3.66. The van der Waals surface area contributed by atoms with Crippen LogP contribution in [0, 0.1) is 0 Å². The molecule has 5 heteroatoms. The van der Waals surface area contributed by atoms with Gasteiger partial charge in [0, 0.05) is 40.1 Å². The molecule has 1 N–H and O–H groups in total. The van der Waals surface area contributed by atoms with Crippen molar-refractivity contribution >= 4 is 44.0 Å². The lowest BCUT2D eigenvalue weighted by molar-refractivity contribution is 0.664. The number of fused-ring (bicyclic) bond motifs is 6. The van der Waals surface area contributed by atoms with Crippen molar-refractivity contribution in [2.24, 2.45) is 4.99 Å². The van der Waals surface area contributed by atoms with Gasteiger partial charge in [-0.05, 0) is 62.9 Å². The largest absolute Gasteiger partial charge is 0.360 e. The van der Waals surface area contributed by atoms with E-state index in [2.05, 4.69) is 173 Å². The van der Waals surface area contributed by atoms with Crippen LogP contribution in [0.25, 0.3) is 66.5 Å². The van der Waals surface area contributed by atoms with Crippen LogP contribution in [0.4, 0.5) is 0 Å². The highest BCUT2D eigenvalue weighted by Gasteiger charge is 2.21. The maximum absolute atomic E-state index is 5.32. The number of hydrogen-bond donors (Lipinski definition) is 1. The van der Waals surface area contributed by atoms with Gasteiger partial charge in [0.2, 0.25) is 0 Å². The van der Waals surface area contributed by atoms with Crippen LogP contribution < -0.4 is 5.32 Å². The Bertz CT molecular complexity index is 2820. The molecule has 3 heterocycles. The second-order valence-corrected chi connectivity index (χ2v) is 13.3. The van der Waals surface area contributed by atoms with Crippen molar-refractivity contribution < 1.29 is 0 Å². The van der Waals surface area contributed by atoms with Gasteiger partial charge in [0.1, 0.15) is 12.0 Å². The number of imidazole rings is 1. The third-order valence-corrected chi connectivity index (χ3v) is 10.1. The molecule has 0 spiro atoms. The second-order valence-electron chi connectivity index (χ2n) is 13.3. The van der Waals surface area contributed by atoms with Gasteiger partial charge in [-0.3, -0.25) is 14.5 Å². The molecule has 5 nitrogen and oxygen atoms in total. The third-order valence-electron chi connectivity index (χ3n) is 10.1. The molecular weight excluding hydrogens is 647 g/mol. The molecule has 0 aliphatic carbocycles. The first kappa shape index (κ1) is 30.7. The van der Waals surface area contributed by atoms with Crippen molar-refractivity contribution in [3.63, 3.8) is 0 Å². The van der Waals surface area contributed by atoms with Gasteiger partial charge in [0.05, 0.1) is 16.7 Å². The van der Waals surface area contributed by atoms with Gasteiger partial charge < -0.3 is 5.32 Å². The maximum Gasteiger partial charge on any atom is 0.145 e. The van der Waals surface area contributed by atoms with Crippen LogP contribution in [0.1, 0.15) is 22.9 Å². The zero-order chi connectivity index (χ0) is 35.1. The first-order valence-corrected chi connectivity index (χ1v) is 17.9. The van der Waals surface area contributed by atoms with E-state index in [1.165, 1.54) is 5.39 Å². The lowest BCUT2D eigenvalue weighted by atomic mass is 9.99. The standard InChI is InChI=1S/C48H33N5/c1-4-12-34(13-5-1)43-30-44(51-47(50-43)36-14-6-2-7-15-36)35-22-20-32(21-23-35)33-24-26-38(27-25-33)53-46-41-19-11-10-18-39(41)40-28-29-49-31-42(40)45(46)52-48(53)37-16-8-3-9-17-37/h1-31,47,51H. The van der Waals surface area contributed by atoms with Crippen molar-refractivity contribution in [2.45, 2.75) is 6.17 Å². The molecule has 1 aliphatic heterocycles. The molecule has 1 aliphatic rings. The minimum Gasteiger partial charge on any atom is -0.360 e. The molecule has 250 valence electrons. The van der Waals surface area contributed by atoms with E-state index in [1.807, 2.05) is 30.6 Å². The number of aromatic nitrogens is 3. The molecule has 9 aromatic rings. The fourth-order valence-corrected chi connectivity index (χ4v) is 7.54. The highest BCUT2D eigenvalue weighted by molar-refractivity contribution is 6.24. The quantitative estimate of drug-likeness (QED) is 0.178. The number of nitrogens with one attached hydrogen (secondary N) is 1. The Morgan fingerprint density at radius 1 is 0.491 bits per heavy atom. The summed E-state index contributed by atoms with van der Waals surface area (Å²) in [5.74, 6) is 0.902. The van der Waals surface area contributed by atoms with Gasteiger partial charge in [-0.25, -0.2) is 4.98 Å². The number of pyridine rings is 1. The first-order chi connectivity index (χ1) is 26.3. The molecule has 0 radical (unpaired) electrons. The van der Waals surface area contributed by atoms with Crippen molar-refractivity contribution in [1.82, 2.24) is 19.9 Å². The van der Waals surface area contributed by atoms with Gasteiger partial charge in [-0.2, -0.15) is 0 Å². The second kappa shape index (κ2) is 12.9. The Hall–Kier alpha value is -7.11. The lowest BCUT2D eigenvalue weighted by Gasteiger charge is -2.25. The van der Waals surface area contributed by atoms with E-state index in [-0.39, 0.29) is 6.17 Å². The van der Waals surface area contributed by atoms with Crippen molar-refractivity contribution in [3.05, 3.63) is 205 Å². The highest BCUT2D eigenvalue weighted by atomic mass is 15.1. The minimum atomic E-state index is -0.176. The highest BCUT2D eigenvalue weighted by Crippen LogP contribution is 2.39. The van der Waals surface area contributed by atoms with Gasteiger partial charge in [-0.15, -0.1) is 0 Å².